The van der Waals surface area contributed by atoms with E-state index in [9.17, 15) is 4.79 Å². The van der Waals surface area contributed by atoms with Crippen LogP contribution in [-0.2, 0) is 0 Å². The van der Waals surface area contributed by atoms with Crippen molar-refractivity contribution >= 4 is 17.2 Å². The number of rotatable bonds is 7. The molecule has 1 aliphatic heterocycles. The van der Waals surface area contributed by atoms with Crippen LogP contribution in [-0.4, -0.2) is 69.9 Å². The summed E-state index contributed by atoms with van der Waals surface area (Å²) in [6, 6.07) is 24.1. The third-order valence-electron chi connectivity index (χ3n) is 5.97. The van der Waals surface area contributed by atoms with Gasteiger partial charge in [-0.05, 0) is 37.2 Å². The van der Waals surface area contributed by atoms with E-state index in [1.54, 1.807) is 0 Å². The van der Waals surface area contributed by atoms with Crippen LogP contribution in [0.1, 0.15) is 17.0 Å². The Labute approximate surface area is 192 Å². The Morgan fingerprint density at radius 3 is 2.33 bits per heavy atom. The highest BCUT2D eigenvalue weighted by atomic mass is 16.2. The lowest BCUT2D eigenvalue weighted by Crippen LogP contribution is -2.47. The number of anilines is 1. The third-order valence-corrected chi connectivity index (χ3v) is 5.97. The quantitative estimate of drug-likeness (QED) is 0.445. The molecule has 168 valence electrons. The maximum absolute atomic E-state index is 12.7. The molecule has 0 atom stereocenters. The summed E-state index contributed by atoms with van der Waals surface area (Å²) in [7, 11) is 0. The number of piperazine rings is 1. The molecule has 0 saturated carbocycles. The molecule has 1 aliphatic rings. The van der Waals surface area contributed by atoms with Crippen LogP contribution in [0.3, 0.4) is 0 Å². The Morgan fingerprint density at radius 2 is 1.58 bits per heavy atom. The van der Waals surface area contributed by atoms with Gasteiger partial charge in [0.15, 0.2) is 5.65 Å². The minimum atomic E-state index is -0.255. The third kappa shape index (κ3) is 4.85. The van der Waals surface area contributed by atoms with Gasteiger partial charge in [-0.2, -0.15) is 9.61 Å². The maximum atomic E-state index is 12.7. The van der Waals surface area contributed by atoms with Crippen LogP contribution in [0, 0.1) is 0 Å². The molecular formula is C25H27N7O. The van der Waals surface area contributed by atoms with Crippen LogP contribution in [0.5, 0.6) is 0 Å². The van der Waals surface area contributed by atoms with Crippen molar-refractivity contribution in [3.05, 3.63) is 78.6 Å². The van der Waals surface area contributed by atoms with E-state index < -0.39 is 0 Å². The second-order valence-corrected chi connectivity index (χ2v) is 8.15. The zero-order valence-corrected chi connectivity index (χ0v) is 18.5. The lowest BCUT2D eigenvalue weighted by Gasteiger charge is -2.36. The lowest BCUT2D eigenvalue weighted by atomic mass is 10.1. The van der Waals surface area contributed by atoms with Gasteiger partial charge in [-0.1, -0.05) is 48.5 Å². The molecule has 0 radical (unpaired) electrons. The summed E-state index contributed by atoms with van der Waals surface area (Å²) in [6.45, 7) is 5.66. The van der Waals surface area contributed by atoms with E-state index in [0.29, 0.717) is 12.2 Å². The van der Waals surface area contributed by atoms with Crippen molar-refractivity contribution < 1.29 is 4.79 Å². The van der Waals surface area contributed by atoms with Crippen LogP contribution in [0.4, 0.5) is 5.69 Å². The molecule has 2 aromatic carbocycles. The second kappa shape index (κ2) is 9.79. The van der Waals surface area contributed by atoms with E-state index in [-0.39, 0.29) is 11.7 Å². The molecule has 1 N–H and O–H groups in total. The van der Waals surface area contributed by atoms with Gasteiger partial charge in [-0.3, -0.25) is 9.69 Å². The highest BCUT2D eigenvalue weighted by molar-refractivity contribution is 5.91. The molecule has 1 amide bonds. The number of carbonyl (C=O) groups is 1. The molecule has 33 heavy (non-hydrogen) atoms. The van der Waals surface area contributed by atoms with Gasteiger partial charge in [0.1, 0.15) is 0 Å². The summed E-state index contributed by atoms with van der Waals surface area (Å²) < 4.78 is 1.51. The Kier molecular flexibility index (Phi) is 6.25. The van der Waals surface area contributed by atoms with E-state index in [4.69, 9.17) is 0 Å². The first-order valence-corrected chi connectivity index (χ1v) is 11.4. The summed E-state index contributed by atoms with van der Waals surface area (Å²) in [5.41, 5.74) is 3.59. The Hall–Kier alpha value is -3.78. The number of hydrogen-bond acceptors (Lipinski definition) is 6. The summed E-state index contributed by atoms with van der Waals surface area (Å²) in [6.07, 6.45) is 0.885. The van der Waals surface area contributed by atoms with Gasteiger partial charge >= 0.3 is 0 Å². The van der Waals surface area contributed by atoms with Crippen molar-refractivity contribution in [3.63, 3.8) is 0 Å². The van der Waals surface area contributed by atoms with Crippen LogP contribution in [0.15, 0.2) is 72.8 Å². The number of aromatic nitrogens is 4. The first-order chi connectivity index (χ1) is 16.3. The van der Waals surface area contributed by atoms with Gasteiger partial charge in [0.25, 0.3) is 5.91 Å². The molecule has 0 unspecified atom stereocenters. The number of hydrogen-bond donors (Lipinski definition) is 1. The van der Waals surface area contributed by atoms with Gasteiger partial charge in [-0.15, -0.1) is 10.2 Å². The standard InChI is InChI=1S/C25H27N7O/c33-25(24-28-27-23-13-12-22(29-32(23)24)20-8-3-1-4-9-20)26-14-7-15-30-16-18-31(19-17-30)21-10-5-2-6-11-21/h1-6,8-13H,7,14-19H2,(H,26,33). The first-order valence-electron chi connectivity index (χ1n) is 11.4. The van der Waals surface area contributed by atoms with Gasteiger partial charge < -0.3 is 10.2 Å². The Bertz CT molecular complexity index is 1200. The number of benzene rings is 2. The highest BCUT2D eigenvalue weighted by Crippen LogP contribution is 2.17. The molecule has 0 spiro atoms. The van der Waals surface area contributed by atoms with Crippen molar-refractivity contribution in [2.24, 2.45) is 0 Å². The number of nitrogens with one attached hydrogen (secondary N) is 1. The SMILES string of the molecule is O=C(NCCCN1CCN(c2ccccc2)CC1)c1nnc2ccc(-c3ccccc3)nn12. The van der Waals surface area contributed by atoms with E-state index in [1.807, 2.05) is 42.5 Å². The van der Waals surface area contributed by atoms with Crippen LogP contribution >= 0.6 is 0 Å². The van der Waals surface area contributed by atoms with Crippen LogP contribution in [0.25, 0.3) is 16.9 Å². The first kappa shape index (κ1) is 21.1. The molecule has 4 aromatic rings. The minimum Gasteiger partial charge on any atom is -0.369 e. The van der Waals surface area contributed by atoms with Gasteiger partial charge in [0.2, 0.25) is 5.82 Å². The molecule has 2 aromatic heterocycles. The number of fused-ring (bicyclic) bond motifs is 1. The van der Waals surface area contributed by atoms with E-state index >= 15 is 0 Å². The summed E-state index contributed by atoms with van der Waals surface area (Å²) in [5.74, 6) is -0.0478. The van der Waals surface area contributed by atoms with E-state index in [0.717, 1.165) is 50.4 Å². The summed E-state index contributed by atoms with van der Waals surface area (Å²) >= 11 is 0. The van der Waals surface area contributed by atoms with Gasteiger partial charge in [0, 0.05) is 44.0 Å². The van der Waals surface area contributed by atoms with Crippen molar-refractivity contribution in [1.82, 2.24) is 30.0 Å². The van der Waals surface area contributed by atoms with Crippen LogP contribution in [0.2, 0.25) is 0 Å². The largest absolute Gasteiger partial charge is 0.369 e. The predicted molar refractivity (Wildman–Crippen MR) is 128 cm³/mol. The van der Waals surface area contributed by atoms with Crippen molar-refractivity contribution in [3.8, 4) is 11.3 Å². The second-order valence-electron chi connectivity index (χ2n) is 8.15. The fourth-order valence-electron chi connectivity index (χ4n) is 4.15. The molecular weight excluding hydrogens is 414 g/mol. The Balaban J connectivity index is 1.12. The lowest BCUT2D eigenvalue weighted by molar-refractivity contribution is 0.0938. The van der Waals surface area contributed by atoms with Gasteiger partial charge in [0.05, 0.1) is 5.69 Å². The molecule has 8 heteroatoms. The fourth-order valence-corrected chi connectivity index (χ4v) is 4.15. The Morgan fingerprint density at radius 1 is 0.848 bits per heavy atom. The average molecular weight is 442 g/mol. The molecule has 3 heterocycles. The smallest absolute Gasteiger partial charge is 0.291 e. The molecule has 0 bridgehead atoms. The zero-order valence-electron chi connectivity index (χ0n) is 18.5. The monoisotopic (exact) mass is 441 g/mol. The molecule has 0 aliphatic carbocycles. The van der Waals surface area contributed by atoms with Crippen LogP contribution < -0.4 is 10.2 Å². The minimum absolute atomic E-state index is 0.208. The molecule has 1 fully saturated rings. The molecule has 8 nitrogen and oxygen atoms in total. The topological polar surface area (TPSA) is 78.7 Å². The average Bonchev–Trinajstić information content (AvgIpc) is 3.31. The maximum Gasteiger partial charge on any atom is 0.291 e. The summed E-state index contributed by atoms with van der Waals surface area (Å²) in [4.78, 5) is 17.6. The fraction of sp³-hybridized carbons (Fsp3) is 0.280. The number of carbonyl (C=O) groups excluding carboxylic acids is 1. The van der Waals surface area contributed by atoms with E-state index in [1.165, 1.54) is 10.2 Å². The number of amides is 1. The zero-order chi connectivity index (χ0) is 22.5. The number of para-hydroxylation sites is 1. The van der Waals surface area contributed by atoms with Gasteiger partial charge in [-0.25, -0.2) is 0 Å². The van der Waals surface area contributed by atoms with E-state index in [2.05, 4.69) is 60.7 Å². The summed E-state index contributed by atoms with van der Waals surface area (Å²) in [5, 5.41) is 15.7. The molecule has 5 rings (SSSR count). The van der Waals surface area contributed by atoms with Crippen molar-refractivity contribution in [2.45, 2.75) is 6.42 Å². The highest BCUT2D eigenvalue weighted by Gasteiger charge is 2.18. The van der Waals surface area contributed by atoms with Crippen molar-refractivity contribution in [1.29, 1.82) is 0 Å². The van der Waals surface area contributed by atoms with Crippen molar-refractivity contribution in [2.75, 3.05) is 44.2 Å². The normalized spacial score (nSPS) is 14.5. The number of nitrogens with zero attached hydrogens (tertiary/aromatic N) is 6. The molecule has 1 saturated heterocycles. The predicted octanol–water partition coefficient (Wildman–Crippen LogP) is 2.73.